The third-order valence-electron chi connectivity index (χ3n) is 3.89. The quantitative estimate of drug-likeness (QED) is 0.267. The molecule has 0 rings (SSSR count). The van der Waals surface area contributed by atoms with Crippen LogP contribution in [-0.4, -0.2) is 30.0 Å². The Bertz CT molecular complexity index is 421. The van der Waals surface area contributed by atoms with Crippen molar-refractivity contribution >= 4 is 23.9 Å². The fraction of sp³-hybridized carbons (Fsp3) is 0.810. The van der Waals surface area contributed by atoms with Gasteiger partial charge < -0.3 is 18.9 Å². The minimum atomic E-state index is -2.81. The predicted octanol–water partition coefficient (Wildman–Crippen LogP) is 4.53. The Morgan fingerprint density at radius 1 is 0.483 bits per heavy atom. The molecule has 0 heterocycles. The normalized spacial score (nSPS) is 10.9. The van der Waals surface area contributed by atoms with Gasteiger partial charge in [-0.15, -0.1) is 0 Å². The van der Waals surface area contributed by atoms with Gasteiger partial charge in [0.1, 0.15) is 0 Å². The van der Waals surface area contributed by atoms with Gasteiger partial charge in [0.25, 0.3) is 0 Å². The van der Waals surface area contributed by atoms with Crippen LogP contribution < -0.4 is 0 Å². The number of hydrogen-bond donors (Lipinski definition) is 0. The standard InChI is InChI=1S/C21H36O8/c1-5-9-13-17(22)26-21(27-18(23)14-10-6-2,28-19(24)15-11-7-3)29-20(25)16-12-8-4/h5-16H2,1-4H3. The Morgan fingerprint density at radius 2 is 0.690 bits per heavy atom. The molecule has 0 aliphatic carbocycles. The van der Waals surface area contributed by atoms with Gasteiger partial charge in [0.05, 0.1) is 0 Å². The van der Waals surface area contributed by atoms with Crippen molar-refractivity contribution in [1.82, 2.24) is 0 Å². The molecule has 0 aliphatic rings. The zero-order valence-electron chi connectivity index (χ0n) is 18.3. The second-order valence-electron chi connectivity index (χ2n) is 6.81. The summed E-state index contributed by atoms with van der Waals surface area (Å²) in [5, 5.41) is 0. The zero-order valence-corrected chi connectivity index (χ0v) is 18.3. The van der Waals surface area contributed by atoms with Crippen LogP contribution in [-0.2, 0) is 38.1 Å². The van der Waals surface area contributed by atoms with E-state index in [0.717, 1.165) is 25.7 Å². The van der Waals surface area contributed by atoms with Crippen molar-refractivity contribution in [2.45, 2.75) is 111 Å². The predicted molar refractivity (Wildman–Crippen MR) is 105 cm³/mol. The summed E-state index contributed by atoms with van der Waals surface area (Å²) in [6, 6.07) is 0. The summed E-state index contributed by atoms with van der Waals surface area (Å²) in [6.45, 7) is 7.56. The first-order valence-electron chi connectivity index (χ1n) is 10.7. The van der Waals surface area contributed by atoms with Gasteiger partial charge in [0, 0.05) is 25.7 Å². The van der Waals surface area contributed by atoms with E-state index >= 15 is 0 Å². The third kappa shape index (κ3) is 12.9. The van der Waals surface area contributed by atoms with E-state index in [4.69, 9.17) is 18.9 Å². The highest BCUT2D eigenvalue weighted by Crippen LogP contribution is 2.23. The molecule has 29 heavy (non-hydrogen) atoms. The minimum Gasteiger partial charge on any atom is -0.352 e. The summed E-state index contributed by atoms with van der Waals surface area (Å²) in [5.41, 5.74) is 0. The SMILES string of the molecule is CCCCC(=O)OC(OC(=O)CCCC)(OC(=O)CCCC)OC(=O)CCCC. The Morgan fingerprint density at radius 3 is 0.862 bits per heavy atom. The van der Waals surface area contributed by atoms with Gasteiger partial charge in [-0.25, -0.2) is 0 Å². The van der Waals surface area contributed by atoms with Crippen molar-refractivity contribution in [3.63, 3.8) is 0 Å². The first-order chi connectivity index (χ1) is 13.8. The highest BCUT2D eigenvalue weighted by Gasteiger charge is 2.49. The van der Waals surface area contributed by atoms with Gasteiger partial charge in [0.15, 0.2) is 0 Å². The molecular weight excluding hydrogens is 380 g/mol. The van der Waals surface area contributed by atoms with Gasteiger partial charge in [-0.2, -0.15) is 0 Å². The largest absolute Gasteiger partial charge is 0.619 e. The minimum absolute atomic E-state index is 0.00375. The molecule has 0 fully saturated rings. The van der Waals surface area contributed by atoms with Crippen LogP contribution in [0.5, 0.6) is 0 Å². The number of hydrogen-bond acceptors (Lipinski definition) is 8. The van der Waals surface area contributed by atoms with Crippen LogP contribution in [0, 0.1) is 0 Å². The van der Waals surface area contributed by atoms with Crippen LogP contribution in [0.15, 0.2) is 0 Å². The lowest BCUT2D eigenvalue weighted by Gasteiger charge is -2.29. The van der Waals surface area contributed by atoms with Crippen LogP contribution >= 0.6 is 0 Å². The summed E-state index contributed by atoms with van der Waals surface area (Å²) in [6.07, 6.45) is 2.19. The molecule has 8 nitrogen and oxygen atoms in total. The average molecular weight is 417 g/mol. The van der Waals surface area contributed by atoms with Crippen LogP contribution in [0.3, 0.4) is 0 Å². The molecule has 0 spiro atoms. The molecule has 0 aromatic rings. The molecule has 0 atom stereocenters. The van der Waals surface area contributed by atoms with Crippen molar-refractivity contribution in [1.29, 1.82) is 0 Å². The van der Waals surface area contributed by atoms with Gasteiger partial charge in [-0.05, 0) is 25.7 Å². The maximum atomic E-state index is 12.2. The molecule has 0 amide bonds. The molecule has 0 N–H and O–H groups in total. The van der Waals surface area contributed by atoms with Crippen molar-refractivity contribution in [2.75, 3.05) is 0 Å². The summed E-state index contributed by atoms with van der Waals surface area (Å²) in [4.78, 5) is 48.8. The second kappa shape index (κ2) is 15.8. The lowest BCUT2D eigenvalue weighted by Crippen LogP contribution is -2.48. The van der Waals surface area contributed by atoms with Gasteiger partial charge in [0.2, 0.25) is 0 Å². The van der Waals surface area contributed by atoms with E-state index in [2.05, 4.69) is 0 Å². The fourth-order valence-electron chi connectivity index (χ4n) is 2.17. The molecule has 0 saturated carbocycles. The number of carbonyl (C=O) groups is 4. The molecule has 0 bridgehead atoms. The van der Waals surface area contributed by atoms with Crippen molar-refractivity contribution in [2.24, 2.45) is 0 Å². The first-order valence-corrected chi connectivity index (χ1v) is 10.7. The number of carbonyl (C=O) groups excluding carboxylic acids is 4. The summed E-state index contributed by atoms with van der Waals surface area (Å²) in [5.74, 6) is -3.16. The van der Waals surface area contributed by atoms with Gasteiger partial charge in [-0.3, -0.25) is 19.2 Å². The van der Waals surface area contributed by atoms with Gasteiger partial charge in [-0.1, -0.05) is 53.4 Å². The molecule has 168 valence electrons. The molecular formula is C21H36O8. The Kier molecular flexibility index (Phi) is 14.6. The van der Waals surface area contributed by atoms with Crippen molar-refractivity contribution < 1.29 is 38.1 Å². The molecule has 8 heteroatoms. The van der Waals surface area contributed by atoms with E-state index in [9.17, 15) is 19.2 Å². The Balaban J connectivity index is 5.59. The van der Waals surface area contributed by atoms with Crippen LogP contribution in [0.2, 0.25) is 0 Å². The highest BCUT2D eigenvalue weighted by molar-refractivity contribution is 5.75. The second-order valence-corrected chi connectivity index (χ2v) is 6.81. The topological polar surface area (TPSA) is 105 Å². The van der Waals surface area contributed by atoms with Crippen LogP contribution in [0.25, 0.3) is 0 Å². The zero-order chi connectivity index (χ0) is 22.1. The van der Waals surface area contributed by atoms with E-state index in [0.29, 0.717) is 25.7 Å². The third-order valence-corrected chi connectivity index (χ3v) is 3.89. The number of unbranched alkanes of at least 4 members (excludes halogenated alkanes) is 4. The van der Waals surface area contributed by atoms with E-state index in [1.165, 1.54) is 0 Å². The number of ether oxygens (including phenoxy) is 4. The number of esters is 4. The highest BCUT2D eigenvalue weighted by atomic mass is 17.0. The Labute approximate surface area is 173 Å². The first kappa shape index (κ1) is 26.9. The Hall–Kier alpha value is -2.12. The molecule has 0 radical (unpaired) electrons. The maximum Gasteiger partial charge on any atom is 0.619 e. The summed E-state index contributed by atoms with van der Waals surface area (Å²) < 4.78 is 20.5. The molecule has 0 saturated heterocycles. The van der Waals surface area contributed by atoms with Gasteiger partial charge >= 0.3 is 30.0 Å². The van der Waals surface area contributed by atoms with Crippen molar-refractivity contribution in [3.8, 4) is 0 Å². The monoisotopic (exact) mass is 416 g/mol. The lowest BCUT2D eigenvalue weighted by molar-refractivity contribution is -0.432. The fourth-order valence-corrected chi connectivity index (χ4v) is 2.17. The number of rotatable bonds is 16. The molecule has 0 unspecified atom stereocenters. The van der Waals surface area contributed by atoms with E-state index in [1.54, 1.807) is 0 Å². The molecule has 0 aliphatic heterocycles. The maximum absolute atomic E-state index is 12.2. The lowest BCUT2D eigenvalue weighted by atomic mass is 10.2. The van der Waals surface area contributed by atoms with E-state index in [1.807, 2.05) is 27.7 Å². The van der Waals surface area contributed by atoms with E-state index in [-0.39, 0.29) is 25.7 Å². The van der Waals surface area contributed by atoms with Crippen LogP contribution in [0.4, 0.5) is 0 Å². The van der Waals surface area contributed by atoms with E-state index < -0.39 is 30.0 Å². The molecule has 0 aromatic heterocycles. The molecule has 0 aromatic carbocycles. The smallest absolute Gasteiger partial charge is 0.352 e. The average Bonchev–Trinajstić information content (AvgIpc) is 2.67. The van der Waals surface area contributed by atoms with Crippen molar-refractivity contribution in [3.05, 3.63) is 0 Å². The summed E-state index contributed by atoms with van der Waals surface area (Å²) in [7, 11) is 0. The van der Waals surface area contributed by atoms with Crippen LogP contribution in [0.1, 0.15) is 105 Å². The summed E-state index contributed by atoms with van der Waals surface area (Å²) >= 11 is 0.